The second kappa shape index (κ2) is 4.18. The minimum absolute atomic E-state index is 0.508. The van der Waals surface area contributed by atoms with Gasteiger partial charge in [0, 0.05) is 12.1 Å². The van der Waals surface area contributed by atoms with Crippen molar-refractivity contribution in [2.75, 3.05) is 0 Å². The lowest BCUT2D eigenvalue weighted by Crippen LogP contribution is -1.82. The van der Waals surface area contributed by atoms with Crippen LogP contribution in [0.1, 0.15) is 5.56 Å². The third-order valence-electron chi connectivity index (χ3n) is 2.61. The van der Waals surface area contributed by atoms with Gasteiger partial charge >= 0.3 is 0 Å². The molecule has 84 valence electrons. The Bertz CT molecular complexity index is 646. The third-order valence-corrected chi connectivity index (χ3v) is 2.92. The number of nitrogens with one attached hydrogen (secondary N) is 1. The fourth-order valence-electron chi connectivity index (χ4n) is 1.76. The molecule has 4 heteroatoms. The molecule has 0 amide bonds. The van der Waals surface area contributed by atoms with E-state index in [2.05, 4.69) is 15.0 Å². The van der Waals surface area contributed by atoms with Gasteiger partial charge in [-0.3, -0.25) is 4.98 Å². The molecule has 0 aliphatic heterocycles. The van der Waals surface area contributed by atoms with Gasteiger partial charge in [0.05, 0.1) is 11.0 Å². The molecular weight excluding hydrogens is 234 g/mol. The molecule has 1 N–H and O–H groups in total. The van der Waals surface area contributed by atoms with Crippen LogP contribution in [0.25, 0.3) is 22.6 Å². The fraction of sp³-hybridized carbons (Fsp3) is 0.0769. The van der Waals surface area contributed by atoms with E-state index in [1.54, 1.807) is 6.20 Å². The number of hydrogen-bond donors (Lipinski definition) is 1. The molecule has 0 saturated carbocycles. The van der Waals surface area contributed by atoms with Crippen LogP contribution in [0.5, 0.6) is 0 Å². The summed E-state index contributed by atoms with van der Waals surface area (Å²) in [6, 6.07) is 11.7. The molecule has 0 fully saturated rings. The number of fused-ring (bicyclic) bond motifs is 1. The molecule has 3 rings (SSSR count). The van der Waals surface area contributed by atoms with Crippen molar-refractivity contribution in [2.45, 2.75) is 5.88 Å². The van der Waals surface area contributed by atoms with Gasteiger partial charge in [-0.05, 0) is 29.8 Å². The van der Waals surface area contributed by atoms with Crippen LogP contribution in [-0.2, 0) is 5.88 Å². The van der Waals surface area contributed by atoms with E-state index < -0.39 is 0 Å². The summed E-state index contributed by atoms with van der Waals surface area (Å²) >= 11 is 5.80. The van der Waals surface area contributed by atoms with Crippen LogP contribution >= 0.6 is 11.6 Å². The summed E-state index contributed by atoms with van der Waals surface area (Å²) in [6.45, 7) is 0. The number of H-pyrrole nitrogens is 1. The van der Waals surface area contributed by atoms with Gasteiger partial charge in [-0.2, -0.15) is 0 Å². The maximum absolute atomic E-state index is 5.80. The number of rotatable bonds is 2. The highest BCUT2D eigenvalue weighted by Crippen LogP contribution is 2.20. The smallest absolute Gasteiger partial charge is 0.157 e. The van der Waals surface area contributed by atoms with Crippen LogP contribution in [0.15, 0.2) is 42.6 Å². The van der Waals surface area contributed by atoms with Crippen LogP contribution in [-0.4, -0.2) is 15.0 Å². The van der Waals surface area contributed by atoms with Gasteiger partial charge in [-0.15, -0.1) is 11.6 Å². The summed E-state index contributed by atoms with van der Waals surface area (Å²) in [7, 11) is 0. The predicted octanol–water partition coefficient (Wildman–Crippen LogP) is 3.36. The predicted molar refractivity (Wildman–Crippen MR) is 68.9 cm³/mol. The highest BCUT2D eigenvalue weighted by molar-refractivity contribution is 6.17. The summed E-state index contributed by atoms with van der Waals surface area (Å²) in [5.41, 5.74) is 3.84. The highest BCUT2D eigenvalue weighted by atomic mass is 35.5. The van der Waals surface area contributed by atoms with Gasteiger partial charge in [-0.25, -0.2) is 4.98 Å². The molecule has 0 aliphatic carbocycles. The van der Waals surface area contributed by atoms with Crippen molar-refractivity contribution in [1.29, 1.82) is 0 Å². The summed E-state index contributed by atoms with van der Waals surface area (Å²) in [5, 5.41) is 0. The molecule has 0 bridgehead atoms. The Morgan fingerprint density at radius 3 is 2.88 bits per heavy atom. The van der Waals surface area contributed by atoms with Crippen LogP contribution < -0.4 is 0 Å². The van der Waals surface area contributed by atoms with E-state index in [0.29, 0.717) is 5.88 Å². The lowest BCUT2D eigenvalue weighted by atomic mass is 10.2. The molecule has 0 unspecified atom stereocenters. The Hall–Kier alpha value is -1.87. The summed E-state index contributed by atoms with van der Waals surface area (Å²) in [5.74, 6) is 1.29. The number of hydrogen-bond acceptors (Lipinski definition) is 2. The van der Waals surface area contributed by atoms with E-state index in [4.69, 9.17) is 11.6 Å². The zero-order chi connectivity index (χ0) is 11.7. The summed E-state index contributed by atoms with van der Waals surface area (Å²) in [4.78, 5) is 12.0. The van der Waals surface area contributed by atoms with Gasteiger partial charge < -0.3 is 4.98 Å². The van der Waals surface area contributed by atoms with Crippen molar-refractivity contribution in [3.05, 3.63) is 48.2 Å². The molecule has 0 atom stereocenters. The van der Waals surface area contributed by atoms with Gasteiger partial charge in [0.25, 0.3) is 0 Å². The van der Waals surface area contributed by atoms with E-state index >= 15 is 0 Å². The number of aromatic nitrogens is 3. The van der Waals surface area contributed by atoms with E-state index in [1.807, 2.05) is 36.4 Å². The third kappa shape index (κ3) is 1.89. The summed E-state index contributed by atoms with van der Waals surface area (Å²) in [6.07, 6.45) is 1.76. The Balaban J connectivity index is 2.14. The largest absolute Gasteiger partial charge is 0.337 e. The van der Waals surface area contributed by atoms with Crippen LogP contribution in [0, 0.1) is 0 Å². The quantitative estimate of drug-likeness (QED) is 0.701. The Labute approximate surface area is 103 Å². The minimum Gasteiger partial charge on any atom is -0.337 e. The van der Waals surface area contributed by atoms with Crippen LogP contribution in [0.4, 0.5) is 0 Å². The first-order chi connectivity index (χ1) is 8.36. The average Bonchev–Trinajstić information content (AvgIpc) is 2.82. The van der Waals surface area contributed by atoms with E-state index in [0.717, 1.165) is 28.1 Å². The molecule has 2 heterocycles. The van der Waals surface area contributed by atoms with Gasteiger partial charge in [0.15, 0.2) is 5.82 Å². The first-order valence-electron chi connectivity index (χ1n) is 5.33. The van der Waals surface area contributed by atoms with E-state index in [1.165, 1.54) is 0 Å². The summed E-state index contributed by atoms with van der Waals surface area (Å²) < 4.78 is 0. The van der Waals surface area contributed by atoms with Crippen molar-refractivity contribution in [1.82, 2.24) is 15.0 Å². The van der Waals surface area contributed by atoms with Crippen molar-refractivity contribution in [3.63, 3.8) is 0 Å². The SMILES string of the molecule is ClCc1ccc2nc(-c3ccccn3)[nH]c2c1. The maximum Gasteiger partial charge on any atom is 0.157 e. The number of imidazole rings is 1. The van der Waals surface area contributed by atoms with Crippen molar-refractivity contribution in [2.24, 2.45) is 0 Å². The van der Waals surface area contributed by atoms with Crippen molar-refractivity contribution >= 4 is 22.6 Å². The Kier molecular flexibility index (Phi) is 2.53. The number of nitrogens with zero attached hydrogens (tertiary/aromatic N) is 2. The number of benzene rings is 1. The maximum atomic E-state index is 5.80. The molecule has 0 aliphatic rings. The molecule has 3 nitrogen and oxygen atoms in total. The normalized spacial score (nSPS) is 10.9. The van der Waals surface area contributed by atoms with Gasteiger partial charge in [0.1, 0.15) is 5.69 Å². The van der Waals surface area contributed by atoms with Crippen LogP contribution in [0.3, 0.4) is 0 Å². The topological polar surface area (TPSA) is 41.6 Å². The zero-order valence-electron chi connectivity index (χ0n) is 9.02. The highest BCUT2D eigenvalue weighted by Gasteiger charge is 2.05. The monoisotopic (exact) mass is 243 g/mol. The van der Waals surface area contributed by atoms with Crippen molar-refractivity contribution in [3.8, 4) is 11.5 Å². The molecule has 0 saturated heterocycles. The number of halogens is 1. The number of alkyl halides is 1. The van der Waals surface area contributed by atoms with Gasteiger partial charge in [-0.1, -0.05) is 12.1 Å². The van der Waals surface area contributed by atoms with Gasteiger partial charge in [0.2, 0.25) is 0 Å². The second-order valence-corrected chi connectivity index (χ2v) is 4.05. The lowest BCUT2D eigenvalue weighted by molar-refractivity contribution is 1.24. The fourth-order valence-corrected chi connectivity index (χ4v) is 1.93. The Morgan fingerprint density at radius 2 is 2.12 bits per heavy atom. The van der Waals surface area contributed by atoms with Crippen LogP contribution in [0.2, 0.25) is 0 Å². The standard InChI is InChI=1S/C13H10ClN3/c14-8-9-4-5-10-12(7-9)17-13(16-10)11-3-1-2-6-15-11/h1-7H,8H2,(H,16,17). The molecule has 0 spiro atoms. The molecular formula is C13H10ClN3. The number of aromatic amines is 1. The molecule has 0 radical (unpaired) electrons. The van der Waals surface area contributed by atoms with Crippen molar-refractivity contribution < 1.29 is 0 Å². The van der Waals surface area contributed by atoms with E-state index in [9.17, 15) is 0 Å². The zero-order valence-corrected chi connectivity index (χ0v) is 9.78. The molecule has 17 heavy (non-hydrogen) atoms. The molecule has 1 aromatic carbocycles. The molecule has 3 aromatic rings. The first kappa shape index (κ1) is 10.3. The lowest BCUT2D eigenvalue weighted by Gasteiger charge is -1.93. The van der Waals surface area contributed by atoms with E-state index in [-0.39, 0.29) is 0 Å². The Morgan fingerprint density at radius 1 is 1.18 bits per heavy atom. The average molecular weight is 244 g/mol. The number of pyridine rings is 1. The second-order valence-electron chi connectivity index (χ2n) is 3.79. The molecule has 2 aromatic heterocycles. The first-order valence-corrected chi connectivity index (χ1v) is 5.86. The minimum atomic E-state index is 0.508.